The SMILES string of the molecule is O=Cc1[nH]c(Br)nc1C(=O)OC1CCOC1. The van der Waals surface area contributed by atoms with Gasteiger partial charge in [-0.25, -0.2) is 9.78 Å². The number of aromatic nitrogens is 2. The van der Waals surface area contributed by atoms with E-state index >= 15 is 0 Å². The van der Waals surface area contributed by atoms with Crippen molar-refractivity contribution in [1.29, 1.82) is 0 Å². The van der Waals surface area contributed by atoms with Crippen molar-refractivity contribution >= 4 is 28.2 Å². The smallest absolute Gasteiger partial charge is 0.359 e. The van der Waals surface area contributed by atoms with Crippen LogP contribution < -0.4 is 0 Å². The quantitative estimate of drug-likeness (QED) is 0.661. The van der Waals surface area contributed by atoms with Crippen molar-refractivity contribution in [3.63, 3.8) is 0 Å². The minimum Gasteiger partial charge on any atom is -0.455 e. The van der Waals surface area contributed by atoms with Gasteiger partial charge in [0.1, 0.15) is 11.8 Å². The molecule has 1 unspecified atom stereocenters. The van der Waals surface area contributed by atoms with Crippen molar-refractivity contribution in [2.45, 2.75) is 12.5 Å². The fraction of sp³-hybridized carbons (Fsp3) is 0.444. The van der Waals surface area contributed by atoms with E-state index in [1.807, 2.05) is 0 Å². The molecule has 16 heavy (non-hydrogen) atoms. The van der Waals surface area contributed by atoms with Crippen LogP contribution in [0.15, 0.2) is 4.73 Å². The lowest BCUT2D eigenvalue weighted by molar-refractivity contribution is 0.0263. The van der Waals surface area contributed by atoms with Crippen molar-refractivity contribution in [1.82, 2.24) is 9.97 Å². The number of nitrogens with one attached hydrogen (secondary N) is 1. The first-order valence-corrected chi connectivity index (χ1v) is 5.49. The maximum Gasteiger partial charge on any atom is 0.359 e. The Bertz CT molecular complexity index is 412. The maximum absolute atomic E-state index is 11.7. The van der Waals surface area contributed by atoms with Crippen LogP contribution in [0.3, 0.4) is 0 Å². The molecular formula is C9H9BrN2O4. The Kier molecular flexibility index (Phi) is 3.35. The summed E-state index contributed by atoms with van der Waals surface area (Å²) >= 11 is 3.05. The number of aldehydes is 1. The highest BCUT2D eigenvalue weighted by atomic mass is 79.9. The Morgan fingerprint density at radius 3 is 3.12 bits per heavy atom. The number of hydrogen-bond acceptors (Lipinski definition) is 5. The van der Waals surface area contributed by atoms with Crippen LogP contribution in [-0.4, -0.2) is 41.5 Å². The Morgan fingerprint density at radius 1 is 1.69 bits per heavy atom. The topological polar surface area (TPSA) is 81.3 Å². The summed E-state index contributed by atoms with van der Waals surface area (Å²) in [6.45, 7) is 0.983. The molecule has 1 atom stereocenters. The summed E-state index contributed by atoms with van der Waals surface area (Å²) in [6, 6.07) is 0. The highest BCUT2D eigenvalue weighted by molar-refractivity contribution is 9.10. The summed E-state index contributed by atoms with van der Waals surface area (Å²) in [5.41, 5.74) is 0.101. The number of nitrogens with zero attached hydrogens (tertiary/aromatic N) is 1. The average molecular weight is 289 g/mol. The van der Waals surface area contributed by atoms with Gasteiger partial charge in [0, 0.05) is 6.42 Å². The van der Waals surface area contributed by atoms with Gasteiger partial charge in [0.15, 0.2) is 16.7 Å². The molecule has 1 aliphatic heterocycles. The molecule has 1 aromatic rings. The first kappa shape index (κ1) is 11.3. The number of H-pyrrole nitrogens is 1. The number of carbonyl (C=O) groups excluding carboxylic acids is 2. The van der Waals surface area contributed by atoms with Crippen LogP contribution in [-0.2, 0) is 9.47 Å². The molecule has 1 N–H and O–H groups in total. The summed E-state index contributed by atoms with van der Waals surface area (Å²) in [6.07, 6.45) is 0.954. The van der Waals surface area contributed by atoms with Crippen LogP contribution >= 0.6 is 15.9 Å². The van der Waals surface area contributed by atoms with Crippen molar-refractivity contribution in [2.24, 2.45) is 0 Å². The molecule has 2 heterocycles. The van der Waals surface area contributed by atoms with Gasteiger partial charge in [-0.2, -0.15) is 0 Å². The Balaban J connectivity index is 2.10. The van der Waals surface area contributed by atoms with Crippen LogP contribution in [0.4, 0.5) is 0 Å². The highest BCUT2D eigenvalue weighted by Crippen LogP contribution is 2.14. The van der Waals surface area contributed by atoms with Crippen LogP contribution in [0.25, 0.3) is 0 Å². The molecule has 1 saturated heterocycles. The van der Waals surface area contributed by atoms with E-state index in [9.17, 15) is 9.59 Å². The summed E-state index contributed by atoms with van der Waals surface area (Å²) in [7, 11) is 0. The molecule has 0 radical (unpaired) electrons. The Hall–Kier alpha value is -1.21. The molecule has 86 valence electrons. The lowest BCUT2D eigenvalue weighted by atomic mass is 10.3. The van der Waals surface area contributed by atoms with Crippen molar-refractivity contribution in [2.75, 3.05) is 13.2 Å². The summed E-state index contributed by atoms with van der Waals surface area (Å²) in [5, 5.41) is 0. The lowest BCUT2D eigenvalue weighted by Crippen LogP contribution is -2.19. The minimum atomic E-state index is -0.612. The molecule has 7 heteroatoms. The third kappa shape index (κ3) is 2.30. The number of rotatable bonds is 3. The number of halogens is 1. The van der Waals surface area contributed by atoms with Crippen molar-refractivity contribution in [3.8, 4) is 0 Å². The van der Waals surface area contributed by atoms with Crippen molar-refractivity contribution in [3.05, 3.63) is 16.1 Å². The van der Waals surface area contributed by atoms with Gasteiger partial charge in [-0.05, 0) is 15.9 Å². The molecule has 1 fully saturated rings. The largest absolute Gasteiger partial charge is 0.455 e. The van der Waals surface area contributed by atoms with Crippen LogP contribution in [0, 0.1) is 0 Å². The fourth-order valence-electron chi connectivity index (χ4n) is 1.41. The van der Waals surface area contributed by atoms with Gasteiger partial charge >= 0.3 is 5.97 Å². The van der Waals surface area contributed by atoms with Gasteiger partial charge in [0.2, 0.25) is 0 Å². The van der Waals surface area contributed by atoms with Gasteiger partial charge in [0.25, 0.3) is 0 Å². The van der Waals surface area contributed by atoms with Crippen LogP contribution in [0.2, 0.25) is 0 Å². The Morgan fingerprint density at radius 2 is 2.50 bits per heavy atom. The van der Waals surface area contributed by atoms with E-state index < -0.39 is 5.97 Å². The van der Waals surface area contributed by atoms with Gasteiger partial charge < -0.3 is 14.5 Å². The third-order valence-electron chi connectivity index (χ3n) is 2.18. The third-order valence-corrected chi connectivity index (χ3v) is 2.55. The van der Waals surface area contributed by atoms with Gasteiger partial charge in [-0.1, -0.05) is 0 Å². The monoisotopic (exact) mass is 288 g/mol. The van der Waals surface area contributed by atoms with Gasteiger partial charge in [0.05, 0.1) is 13.2 Å². The zero-order valence-corrected chi connectivity index (χ0v) is 9.82. The van der Waals surface area contributed by atoms with E-state index in [1.54, 1.807) is 0 Å². The lowest BCUT2D eigenvalue weighted by Gasteiger charge is -2.08. The number of imidazole rings is 1. The summed E-state index contributed by atoms with van der Waals surface area (Å²) < 4.78 is 10.5. The van der Waals surface area contributed by atoms with Gasteiger partial charge in [-0.3, -0.25) is 4.79 Å². The standard InChI is InChI=1S/C9H9BrN2O4/c10-9-11-6(3-13)7(12-9)8(14)16-5-1-2-15-4-5/h3,5H,1-2,4H2,(H,11,12). The average Bonchev–Trinajstić information content (AvgIpc) is 2.86. The van der Waals surface area contributed by atoms with Crippen LogP contribution in [0.5, 0.6) is 0 Å². The molecule has 6 nitrogen and oxygen atoms in total. The second-order valence-corrected chi connectivity index (χ2v) is 4.05. The zero-order valence-electron chi connectivity index (χ0n) is 8.23. The van der Waals surface area contributed by atoms with E-state index in [0.717, 1.165) is 0 Å². The number of aromatic amines is 1. The first-order chi connectivity index (χ1) is 7.70. The van der Waals surface area contributed by atoms with E-state index in [4.69, 9.17) is 9.47 Å². The molecule has 0 amide bonds. The molecule has 2 rings (SSSR count). The van der Waals surface area contributed by atoms with Crippen LogP contribution in [0.1, 0.15) is 27.4 Å². The molecule has 0 saturated carbocycles. The number of ether oxygens (including phenoxy) is 2. The van der Waals surface area contributed by atoms with E-state index in [-0.39, 0.29) is 17.5 Å². The molecular weight excluding hydrogens is 280 g/mol. The molecule has 0 aromatic carbocycles. The molecule has 1 aliphatic rings. The van der Waals surface area contributed by atoms with Gasteiger partial charge in [-0.15, -0.1) is 0 Å². The molecule has 0 spiro atoms. The molecule has 0 aliphatic carbocycles. The van der Waals surface area contributed by atoms with E-state index in [1.165, 1.54) is 0 Å². The molecule has 0 bridgehead atoms. The maximum atomic E-state index is 11.7. The number of carbonyl (C=O) groups is 2. The number of esters is 1. The minimum absolute atomic E-state index is 0.00576. The second kappa shape index (κ2) is 4.75. The summed E-state index contributed by atoms with van der Waals surface area (Å²) in [4.78, 5) is 28.8. The van der Waals surface area contributed by atoms with Crippen molar-refractivity contribution < 1.29 is 19.1 Å². The Labute approximate surface area is 99.5 Å². The normalized spacial score (nSPS) is 19.7. The highest BCUT2D eigenvalue weighted by Gasteiger charge is 2.24. The zero-order chi connectivity index (χ0) is 11.5. The first-order valence-electron chi connectivity index (χ1n) is 4.70. The summed E-state index contributed by atoms with van der Waals surface area (Å²) in [5.74, 6) is -0.612. The predicted molar refractivity (Wildman–Crippen MR) is 56.3 cm³/mol. The molecule has 1 aromatic heterocycles. The predicted octanol–water partition coefficient (Wildman–Crippen LogP) is 0.930. The van der Waals surface area contributed by atoms with E-state index in [2.05, 4.69) is 25.9 Å². The fourth-order valence-corrected chi connectivity index (χ4v) is 1.80. The second-order valence-electron chi connectivity index (χ2n) is 3.30. The number of hydrogen-bond donors (Lipinski definition) is 1. The van der Waals surface area contributed by atoms with E-state index in [0.29, 0.717) is 30.7 Å².